The number of esters is 1. The van der Waals surface area contributed by atoms with Crippen LogP contribution >= 0.6 is 0 Å². The van der Waals surface area contributed by atoms with Crippen molar-refractivity contribution in [2.45, 2.75) is 57.7 Å². The van der Waals surface area contributed by atoms with Gasteiger partial charge in [0.25, 0.3) is 0 Å². The fraction of sp³-hybridized carbons (Fsp3) is 0.857. The quantitative estimate of drug-likeness (QED) is 0.725. The maximum absolute atomic E-state index is 12.3. The predicted octanol–water partition coefficient (Wildman–Crippen LogP) is 0.831. The molecule has 2 rings (SSSR count). The Kier molecular flexibility index (Phi) is 4.45. The maximum Gasteiger partial charge on any atom is 0.328 e. The Morgan fingerprint density at radius 1 is 1.42 bits per heavy atom. The molecule has 0 radical (unpaired) electrons. The van der Waals surface area contributed by atoms with E-state index in [1.807, 2.05) is 13.8 Å². The van der Waals surface area contributed by atoms with Crippen LogP contribution in [-0.4, -0.2) is 37.1 Å². The molecule has 5 atom stereocenters. The molecular formula is C14H24N2O3. The first kappa shape index (κ1) is 14.3. The van der Waals surface area contributed by atoms with E-state index in [0.29, 0.717) is 12.1 Å². The predicted molar refractivity (Wildman–Crippen MR) is 71.5 cm³/mol. The SMILES string of the molecule is CCC(C)C(NC(=O)C1CC2CCC1N2)C(=O)OC. The highest BCUT2D eigenvalue weighted by atomic mass is 16.5. The van der Waals surface area contributed by atoms with Crippen LogP contribution in [0.15, 0.2) is 0 Å². The Hall–Kier alpha value is -1.10. The largest absolute Gasteiger partial charge is 0.467 e. The van der Waals surface area contributed by atoms with Crippen molar-refractivity contribution in [2.24, 2.45) is 11.8 Å². The van der Waals surface area contributed by atoms with E-state index in [-0.39, 0.29) is 23.7 Å². The molecule has 0 aromatic heterocycles. The Bertz CT molecular complexity index is 359. The number of carbonyl (C=O) groups excluding carboxylic acids is 2. The van der Waals surface area contributed by atoms with Gasteiger partial charge in [-0.2, -0.15) is 0 Å². The van der Waals surface area contributed by atoms with E-state index in [1.54, 1.807) is 0 Å². The molecule has 19 heavy (non-hydrogen) atoms. The molecule has 5 heteroatoms. The molecule has 0 aromatic carbocycles. The summed E-state index contributed by atoms with van der Waals surface area (Å²) in [5.74, 6) is -0.257. The standard InChI is InChI=1S/C14H24N2O3/c1-4-8(2)12(14(18)19-3)16-13(17)10-7-9-5-6-11(10)15-9/h8-12,15H,4-7H2,1-3H3,(H,16,17). The first-order chi connectivity index (χ1) is 9.06. The minimum atomic E-state index is -0.526. The van der Waals surface area contributed by atoms with Crippen molar-refractivity contribution < 1.29 is 14.3 Å². The fourth-order valence-corrected chi connectivity index (χ4v) is 3.17. The molecular weight excluding hydrogens is 244 g/mol. The van der Waals surface area contributed by atoms with Gasteiger partial charge >= 0.3 is 5.97 Å². The lowest BCUT2D eigenvalue weighted by Gasteiger charge is -2.26. The molecule has 108 valence electrons. The number of fused-ring (bicyclic) bond motifs is 2. The summed E-state index contributed by atoms with van der Waals surface area (Å²) in [5, 5.41) is 6.33. The average molecular weight is 268 g/mol. The third-order valence-electron chi connectivity index (χ3n) is 4.60. The van der Waals surface area contributed by atoms with E-state index < -0.39 is 6.04 Å². The van der Waals surface area contributed by atoms with Crippen molar-refractivity contribution in [1.82, 2.24) is 10.6 Å². The number of hydrogen-bond acceptors (Lipinski definition) is 4. The van der Waals surface area contributed by atoms with Crippen LogP contribution in [0, 0.1) is 11.8 Å². The van der Waals surface area contributed by atoms with Crippen LogP contribution in [0.4, 0.5) is 0 Å². The second-order valence-corrected chi connectivity index (χ2v) is 5.78. The van der Waals surface area contributed by atoms with Crippen LogP contribution in [0.3, 0.4) is 0 Å². The van der Waals surface area contributed by atoms with E-state index in [2.05, 4.69) is 10.6 Å². The van der Waals surface area contributed by atoms with Crippen LogP contribution in [0.1, 0.15) is 39.5 Å². The zero-order valence-corrected chi connectivity index (χ0v) is 11.9. The molecule has 2 bridgehead atoms. The van der Waals surface area contributed by atoms with Crippen molar-refractivity contribution in [3.8, 4) is 0 Å². The summed E-state index contributed by atoms with van der Waals surface area (Å²) in [4.78, 5) is 24.1. The second-order valence-electron chi connectivity index (χ2n) is 5.78. The van der Waals surface area contributed by atoms with E-state index in [1.165, 1.54) is 13.5 Å². The molecule has 2 N–H and O–H groups in total. The number of nitrogens with one attached hydrogen (secondary N) is 2. The van der Waals surface area contributed by atoms with E-state index in [0.717, 1.165) is 19.3 Å². The lowest BCUT2D eigenvalue weighted by atomic mass is 9.88. The van der Waals surface area contributed by atoms with Gasteiger partial charge in [0.05, 0.1) is 13.0 Å². The van der Waals surface area contributed by atoms with Gasteiger partial charge in [0, 0.05) is 12.1 Å². The van der Waals surface area contributed by atoms with Crippen molar-refractivity contribution in [1.29, 1.82) is 0 Å². The molecule has 2 saturated heterocycles. The molecule has 5 unspecified atom stereocenters. The van der Waals surface area contributed by atoms with Crippen LogP contribution in [0.2, 0.25) is 0 Å². The summed E-state index contributed by atoms with van der Waals surface area (Å²) in [6, 6.07) is 0.253. The highest BCUT2D eigenvalue weighted by molar-refractivity contribution is 5.86. The van der Waals surface area contributed by atoms with Gasteiger partial charge in [0.15, 0.2) is 0 Å². The van der Waals surface area contributed by atoms with Gasteiger partial charge in [-0.3, -0.25) is 4.79 Å². The molecule has 5 nitrogen and oxygen atoms in total. The van der Waals surface area contributed by atoms with Crippen molar-refractivity contribution in [2.75, 3.05) is 7.11 Å². The summed E-state index contributed by atoms with van der Waals surface area (Å²) >= 11 is 0. The van der Waals surface area contributed by atoms with Gasteiger partial charge in [0.2, 0.25) is 5.91 Å². The molecule has 2 fully saturated rings. The Morgan fingerprint density at radius 3 is 2.63 bits per heavy atom. The van der Waals surface area contributed by atoms with E-state index in [9.17, 15) is 9.59 Å². The number of methoxy groups -OCH3 is 1. The maximum atomic E-state index is 12.3. The van der Waals surface area contributed by atoms with E-state index >= 15 is 0 Å². The second kappa shape index (κ2) is 5.90. The fourth-order valence-electron chi connectivity index (χ4n) is 3.17. The molecule has 2 aliphatic rings. The zero-order valence-electron chi connectivity index (χ0n) is 11.9. The number of ether oxygens (including phenoxy) is 1. The van der Waals surface area contributed by atoms with Gasteiger partial charge in [0.1, 0.15) is 6.04 Å². The van der Waals surface area contributed by atoms with Crippen molar-refractivity contribution in [3.63, 3.8) is 0 Å². The van der Waals surface area contributed by atoms with Crippen molar-refractivity contribution >= 4 is 11.9 Å². The zero-order chi connectivity index (χ0) is 14.0. The normalized spacial score (nSPS) is 31.8. The topological polar surface area (TPSA) is 67.4 Å². The third kappa shape index (κ3) is 2.91. The summed E-state index contributed by atoms with van der Waals surface area (Å²) in [7, 11) is 1.36. The smallest absolute Gasteiger partial charge is 0.328 e. The van der Waals surface area contributed by atoms with Crippen LogP contribution in [0.25, 0.3) is 0 Å². The average Bonchev–Trinajstić information content (AvgIpc) is 3.05. The molecule has 0 aromatic rings. The Balaban J connectivity index is 1.97. The van der Waals surface area contributed by atoms with Gasteiger partial charge in [-0.05, 0) is 25.2 Å². The lowest BCUT2D eigenvalue weighted by Crippen LogP contribution is -2.49. The molecule has 2 aliphatic heterocycles. The molecule has 0 saturated carbocycles. The monoisotopic (exact) mass is 268 g/mol. The number of rotatable bonds is 5. The first-order valence-electron chi connectivity index (χ1n) is 7.21. The Labute approximate surface area is 114 Å². The lowest BCUT2D eigenvalue weighted by molar-refractivity contribution is -0.147. The number of hydrogen-bond donors (Lipinski definition) is 2. The highest BCUT2D eigenvalue weighted by Gasteiger charge is 2.43. The summed E-state index contributed by atoms with van der Waals surface area (Å²) in [6.45, 7) is 3.97. The molecule has 2 heterocycles. The van der Waals surface area contributed by atoms with Gasteiger partial charge in [-0.25, -0.2) is 4.79 Å². The summed E-state index contributed by atoms with van der Waals surface area (Å²) in [6.07, 6.45) is 3.95. The van der Waals surface area contributed by atoms with Crippen LogP contribution in [0.5, 0.6) is 0 Å². The first-order valence-corrected chi connectivity index (χ1v) is 7.21. The van der Waals surface area contributed by atoms with Gasteiger partial charge in [-0.15, -0.1) is 0 Å². The third-order valence-corrected chi connectivity index (χ3v) is 4.60. The minimum Gasteiger partial charge on any atom is -0.467 e. The van der Waals surface area contributed by atoms with Crippen LogP contribution in [-0.2, 0) is 14.3 Å². The molecule has 0 aliphatic carbocycles. The van der Waals surface area contributed by atoms with Gasteiger partial charge in [-0.1, -0.05) is 20.3 Å². The van der Waals surface area contributed by atoms with Crippen LogP contribution < -0.4 is 10.6 Å². The summed E-state index contributed by atoms with van der Waals surface area (Å²) < 4.78 is 4.79. The highest BCUT2D eigenvalue weighted by Crippen LogP contribution is 2.33. The number of amides is 1. The summed E-state index contributed by atoms with van der Waals surface area (Å²) in [5.41, 5.74) is 0. The van der Waals surface area contributed by atoms with Crippen molar-refractivity contribution in [3.05, 3.63) is 0 Å². The Morgan fingerprint density at radius 2 is 2.16 bits per heavy atom. The molecule has 0 spiro atoms. The number of carbonyl (C=O) groups is 2. The van der Waals surface area contributed by atoms with Gasteiger partial charge < -0.3 is 15.4 Å². The molecule has 1 amide bonds. The van der Waals surface area contributed by atoms with E-state index in [4.69, 9.17) is 4.74 Å². The minimum absolute atomic E-state index is 0.00426.